The van der Waals surface area contributed by atoms with Crippen molar-refractivity contribution in [3.05, 3.63) is 28.5 Å². The van der Waals surface area contributed by atoms with Crippen LogP contribution in [0, 0.1) is 18.3 Å². The monoisotopic (exact) mass is 397 g/mol. The van der Waals surface area contributed by atoms with Crippen LogP contribution in [-0.4, -0.2) is 29.7 Å². The number of fused-ring (bicyclic) bond motifs is 1. The molecule has 0 spiro atoms. The summed E-state index contributed by atoms with van der Waals surface area (Å²) in [7, 11) is 0. The number of benzene rings is 1. The zero-order valence-corrected chi connectivity index (χ0v) is 15.4. The lowest BCUT2D eigenvalue weighted by Crippen LogP contribution is -2.20. The zero-order chi connectivity index (χ0) is 21.2. The number of nitriles is 1. The Labute approximate surface area is 158 Å². The number of ether oxygens (including phenoxy) is 2. The Bertz CT molecular complexity index is 987. The van der Waals surface area contributed by atoms with E-state index in [2.05, 4.69) is 0 Å². The Hall–Kier alpha value is -3.22. The number of carbonyl (C=O) groups is 2. The first kappa shape index (κ1) is 21.1. The fourth-order valence-corrected chi connectivity index (χ4v) is 3.00. The molecule has 2 N–H and O–H groups in total. The highest BCUT2D eigenvalue weighted by Crippen LogP contribution is 2.42. The van der Waals surface area contributed by atoms with Gasteiger partial charge in [-0.25, -0.2) is 4.79 Å². The maximum atomic E-state index is 13.6. The summed E-state index contributed by atoms with van der Waals surface area (Å²) in [6.07, 6.45) is -4.80. The van der Waals surface area contributed by atoms with Gasteiger partial charge in [-0.05, 0) is 32.4 Å². The number of hydrogen-bond acceptors (Lipinski definition) is 6. The fraction of sp³-hybridized carbons (Fsp3) is 0.389. The van der Waals surface area contributed by atoms with Crippen LogP contribution in [0.15, 0.2) is 6.07 Å². The second-order valence-corrected chi connectivity index (χ2v) is 5.82. The maximum Gasteiger partial charge on any atom is 0.417 e. The summed E-state index contributed by atoms with van der Waals surface area (Å²) in [6.45, 7) is 3.76. The van der Waals surface area contributed by atoms with E-state index in [-0.39, 0.29) is 29.9 Å². The van der Waals surface area contributed by atoms with E-state index in [1.165, 1.54) is 13.8 Å². The summed E-state index contributed by atoms with van der Waals surface area (Å²) in [4.78, 5) is 24.4. The van der Waals surface area contributed by atoms with Crippen molar-refractivity contribution in [3.63, 3.8) is 0 Å². The number of anilines is 1. The number of halogens is 3. The lowest BCUT2D eigenvalue weighted by atomic mass is 9.99. The minimum atomic E-state index is -4.80. The van der Waals surface area contributed by atoms with Crippen LogP contribution in [-0.2, 0) is 27.0 Å². The number of alkyl halides is 3. The number of aromatic nitrogens is 1. The van der Waals surface area contributed by atoms with Gasteiger partial charge in [0.15, 0.2) is 5.69 Å². The van der Waals surface area contributed by atoms with Gasteiger partial charge < -0.3 is 19.8 Å². The molecule has 7 nitrogen and oxygen atoms in total. The minimum Gasteiger partial charge on any atom is -0.465 e. The second-order valence-electron chi connectivity index (χ2n) is 5.82. The Kier molecular flexibility index (Phi) is 5.87. The lowest BCUT2D eigenvalue weighted by molar-refractivity contribution is -0.143. The molecular formula is C18H18F3N3O4. The molecule has 2 aromatic rings. The number of carbonyl (C=O) groups excluding carboxylic acids is 2. The minimum absolute atomic E-state index is 0.0280. The van der Waals surface area contributed by atoms with Gasteiger partial charge in [-0.15, -0.1) is 0 Å². The number of nitrogen functional groups attached to an aromatic ring is 1. The topological polar surface area (TPSA) is 107 Å². The molecular weight excluding hydrogens is 379 g/mol. The lowest BCUT2D eigenvalue weighted by Gasteiger charge is -2.13. The van der Waals surface area contributed by atoms with Gasteiger partial charge >= 0.3 is 18.1 Å². The largest absolute Gasteiger partial charge is 0.465 e. The average Bonchev–Trinajstić information content (AvgIpc) is 2.86. The van der Waals surface area contributed by atoms with Crippen LogP contribution in [0.4, 0.5) is 18.9 Å². The molecule has 10 heteroatoms. The molecule has 0 radical (unpaired) electrons. The molecule has 0 saturated carbocycles. The van der Waals surface area contributed by atoms with Crippen molar-refractivity contribution in [3.8, 4) is 6.07 Å². The van der Waals surface area contributed by atoms with Gasteiger partial charge in [-0.3, -0.25) is 4.79 Å². The molecule has 0 amide bonds. The van der Waals surface area contributed by atoms with Crippen molar-refractivity contribution in [1.29, 1.82) is 5.26 Å². The first-order chi connectivity index (χ1) is 13.1. The molecule has 1 heterocycles. The third-order valence-corrected chi connectivity index (χ3v) is 4.04. The van der Waals surface area contributed by atoms with E-state index in [9.17, 15) is 28.0 Å². The number of nitrogens with two attached hydrogens (primary N) is 1. The van der Waals surface area contributed by atoms with Crippen LogP contribution < -0.4 is 5.73 Å². The number of hydrogen-bond donors (Lipinski definition) is 1. The number of rotatable bonds is 5. The second kappa shape index (κ2) is 7.80. The van der Waals surface area contributed by atoms with Gasteiger partial charge in [0.1, 0.15) is 12.6 Å². The molecule has 0 bridgehead atoms. The normalized spacial score (nSPS) is 11.3. The molecule has 0 aliphatic carbocycles. The van der Waals surface area contributed by atoms with Crippen molar-refractivity contribution in [2.24, 2.45) is 0 Å². The third kappa shape index (κ3) is 3.60. The molecule has 0 saturated heterocycles. The van der Waals surface area contributed by atoms with E-state index in [0.29, 0.717) is 0 Å². The molecule has 2 rings (SSSR count). The Balaban J connectivity index is 3.02. The highest BCUT2D eigenvalue weighted by molar-refractivity contribution is 6.09. The van der Waals surface area contributed by atoms with Crippen molar-refractivity contribution in [2.75, 3.05) is 18.9 Å². The van der Waals surface area contributed by atoms with Crippen molar-refractivity contribution in [1.82, 2.24) is 4.57 Å². The summed E-state index contributed by atoms with van der Waals surface area (Å²) in [5.41, 5.74) is 3.49. The first-order valence-corrected chi connectivity index (χ1v) is 8.33. The molecule has 0 fully saturated rings. The van der Waals surface area contributed by atoms with E-state index >= 15 is 0 Å². The van der Waals surface area contributed by atoms with Crippen LogP contribution in [0.1, 0.15) is 41.0 Å². The first-order valence-electron chi connectivity index (χ1n) is 8.33. The quantitative estimate of drug-likeness (QED) is 0.777. The summed E-state index contributed by atoms with van der Waals surface area (Å²) in [6, 6.07) is 2.62. The van der Waals surface area contributed by atoms with E-state index in [0.717, 1.165) is 10.6 Å². The predicted molar refractivity (Wildman–Crippen MR) is 93.4 cm³/mol. The van der Waals surface area contributed by atoms with E-state index < -0.39 is 47.0 Å². The standard InChI is InChI=1S/C18H18F3N3O4/c1-4-27-12(25)8-24-15-10(7-22)9(3)6-11(18(19,20)21)13(15)14(23)16(24)17(26)28-5-2/h6H,4-5,8,23H2,1-3H3. The number of nitrogens with zero attached hydrogens (tertiary/aromatic N) is 2. The van der Waals surface area contributed by atoms with Gasteiger partial charge in [0.2, 0.25) is 0 Å². The molecule has 0 atom stereocenters. The zero-order valence-electron chi connectivity index (χ0n) is 15.4. The summed E-state index contributed by atoms with van der Waals surface area (Å²) in [5.74, 6) is -1.81. The van der Waals surface area contributed by atoms with E-state index in [1.807, 2.05) is 6.07 Å². The SMILES string of the molecule is CCOC(=O)Cn1c(C(=O)OCC)c(N)c2c(C(F)(F)F)cc(C)c(C#N)c21. The molecule has 0 unspecified atom stereocenters. The molecule has 1 aromatic heterocycles. The molecule has 0 aliphatic rings. The van der Waals surface area contributed by atoms with Crippen LogP contribution >= 0.6 is 0 Å². The van der Waals surface area contributed by atoms with Gasteiger partial charge in [0, 0.05) is 5.39 Å². The van der Waals surface area contributed by atoms with Gasteiger partial charge in [-0.1, -0.05) is 0 Å². The molecule has 28 heavy (non-hydrogen) atoms. The smallest absolute Gasteiger partial charge is 0.417 e. The summed E-state index contributed by atoms with van der Waals surface area (Å²) >= 11 is 0. The van der Waals surface area contributed by atoms with Crippen LogP contribution in [0.2, 0.25) is 0 Å². The Morgan fingerprint density at radius 1 is 1.25 bits per heavy atom. The van der Waals surface area contributed by atoms with E-state index in [1.54, 1.807) is 6.92 Å². The van der Waals surface area contributed by atoms with Crippen molar-refractivity contribution in [2.45, 2.75) is 33.5 Å². The van der Waals surface area contributed by atoms with Gasteiger partial charge in [-0.2, -0.15) is 18.4 Å². The Morgan fingerprint density at radius 2 is 1.86 bits per heavy atom. The third-order valence-electron chi connectivity index (χ3n) is 4.04. The van der Waals surface area contributed by atoms with Crippen molar-refractivity contribution < 1.29 is 32.2 Å². The molecule has 1 aromatic carbocycles. The molecule has 0 aliphatic heterocycles. The summed E-state index contributed by atoms with van der Waals surface area (Å²) in [5, 5.41) is 8.97. The maximum absolute atomic E-state index is 13.6. The highest BCUT2D eigenvalue weighted by atomic mass is 19.4. The van der Waals surface area contributed by atoms with Crippen LogP contribution in [0.25, 0.3) is 10.9 Å². The van der Waals surface area contributed by atoms with E-state index in [4.69, 9.17) is 15.2 Å². The van der Waals surface area contributed by atoms with Gasteiger partial charge in [0.25, 0.3) is 0 Å². The van der Waals surface area contributed by atoms with Gasteiger partial charge in [0.05, 0.1) is 35.5 Å². The molecule has 150 valence electrons. The number of aryl methyl sites for hydroxylation is 1. The Morgan fingerprint density at radius 3 is 2.36 bits per heavy atom. The average molecular weight is 397 g/mol. The summed E-state index contributed by atoms with van der Waals surface area (Å²) < 4.78 is 51.6. The van der Waals surface area contributed by atoms with Crippen molar-refractivity contribution >= 4 is 28.5 Å². The predicted octanol–water partition coefficient (Wildman–Crippen LogP) is 3.16. The van der Waals surface area contributed by atoms with Crippen LogP contribution in [0.3, 0.4) is 0 Å². The number of esters is 2. The highest BCUT2D eigenvalue weighted by Gasteiger charge is 2.38. The fourth-order valence-electron chi connectivity index (χ4n) is 3.00. The van der Waals surface area contributed by atoms with Crippen LogP contribution in [0.5, 0.6) is 0 Å².